The van der Waals surface area contributed by atoms with Crippen molar-refractivity contribution in [2.24, 2.45) is 0 Å². The Morgan fingerprint density at radius 1 is 1.00 bits per heavy atom. The standard InChI is InChI=1S/C23H21N3O3S2/c27-19(8-4-13-25-31(28,29)20-9-5-12-24-16-20)15-23-26-21-11-10-18(14-22(21)30-23)17-6-2-1-3-7-17/h1-3,5-7,9-12,14,16,25H,4,8,13,15H2. The number of nitrogens with zero attached hydrogens (tertiary/aromatic N) is 2. The van der Waals surface area contributed by atoms with E-state index in [1.54, 1.807) is 6.07 Å². The maximum atomic E-state index is 12.4. The van der Waals surface area contributed by atoms with Crippen LogP contribution in [0.15, 0.2) is 78.0 Å². The summed E-state index contributed by atoms with van der Waals surface area (Å²) in [5.41, 5.74) is 3.15. The molecule has 158 valence electrons. The van der Waals surface area contributed by atoms with Crippen LogP contribution >= 0.6 is 11.3 Å². The largest absolute Gasteiger partial charge is 0.299 e. The number of aromatic nitrogens is 2. The van der Waals surface area contributed by atoms with E-state index in [0.29, 0.717) is 12.8 Å². The highest BCUT2D eigenvalue weighted by Gasteiger charge is 2.14. The summed E-state index contributed by atoms with van der Waals surface area (Å²) in [7, 11) is -3.60. The fraction of sp³-hybridized carbons (Fsp3) is 0.174. The number of benzene rings is 2. The van der Waals surface area contributed by atoms with E-state index in [1.807, 2.05) is 30.3 Å². The summed E-state index contributed by atoms with van der Waals surface area (Å²) in [6, 6.07) is 19.3. The lowest BCUT2D eigenvalue weighted by molar-refractivity contribution is -0.118. The number of thiazole rings is 1. The number of nitrogens with one attached hydrogen (secondary N) is 1. The van der Waals surface area contributed by atoms with Crippen molar-refractivity contribution in [1.82, 2.24) is 14.7 Å². The number of fused-ring (bicyclic) bond motifs is 1. The molecule has 0 aliphatic carbocycles. The molecule has 0 aliphatic rings. The molecule has 0 unspecified atom stereocenters. The van der Waals surface area contributed by atoms with Gasteiger partial charge in [-0.3, -0.25) is 9.78 Å². The van der Waals surface area contributed by atoms with Crippen molar-refractivity contribution in [3.63, 3.8) is 0 Å². The van der Waals surface area contributed by atoms with Crippen LogP contribution in [0.5, 0.6) is 0 Å². The van der Waals surface area contributed by atoms with Crippen molar-refractivity contribution in [1.29, 1.82) is 0 Å². The van der Waals surface area contributed by atoms with Gasteiger partial charge in [-0.1, -0.05) is 36.4 Å². The van der Waals surface area contributed by atoms with Gasteiger partial charge in [-0.05, 0) is 41.8 Å². The highest BCUT2D eigenvalue weighted by molar-refractivity contribution is 7.89. The molecular weight excluding hydrogens is 430 g/mol. The van der Waals surface area contributed by atoms with Crippen LogP contribution < -0.4 is 4.72 Å². The van der Waals surface area contributed by atoms with Gasteiger partial charge in [0.25, 0.3) is 0 Å². The highest BCUT2D eigenvalue weighted by Crippen LogP contribution is 2.28. The summed E-state index contributed by atoms with van der Waals surface area (Å²) in [5, 5.41) is 0.779. The molecule has 0 spiro atoms. The molecule has 0 amide bonds. The van der Waals surface area contributed by atoms with Crippen LogP contribution in [0, 0.1) is 0 Å². The lowest BCUT2D eigenvalue weighted by Crippen LogP contribution is -2.25. The maximum Gasteiger partial charge on any atom is 0.242 e. The molecule has 0 bridgehead atoms. The first kappa shape index (κ1) is 21.3. The molecule has 1 N–H and O–H groups in total. The summed E-state index contributed by atoms with van der Waals surface area (Å²) in [4.78, 5) is 20.9. The Morgan fingerprint density at radius 2 is 1.84 bits per heavy atom. The molecular formula is C23H21N3O3S2. The van der Waals surface area contributed by atoms with Crippen molar-refractivity contribution in [2.45, 2.75) is 24.2 Å². The Morgan fingerprint density at radius 3 is 2.61 bits per heavy atom. The number of carbonyl (C=O) groups excluding carboxylic acids is 1. The third-order valence-electron chi connectivity index (χ3n) is 4.76. The summed E-state index contributed by atoms with van der Waals surface area (Å²) in [6.07, 6.45) is 3.80. The monoisotopic (exact) mass is 451 g/mol. The number of rotatable bonds is 9. The summed E-state index contributed by atoms with van der Waals surface area (Å²) in [5.74, 6) is 0.0444. The van der Waals surface area contributed by atoms with Gasteiger partial charge < -0.3 is 0 Å². The van der Waals surface area contributed by atoms with Gasteiger partial charge in [-0.15, -0.1) is 11.3 Å². The Balaban J connectivity index is 1.31. The van der Waals surface area contributed by atoms with Crippen molar-refractivity contribution in [2.75, 3.05) is 6.54 Å². The van der Waals surface area contributed by atoms with Gasteiger partial charge in [0.05, 0.1) is 16.6 Å². The van der Waals surface area contributed by atoms with Crippen molar-refractivity contribution in [3.05, 3.63) is 78.1 Å². The molecule has 0 radical (unpaired) electrons. The fourth-order valence-electron chi connectivity index (χ4n) is 3.20. The van der Waals surface area contributed by atoms with E-state index >= 15 is 0 Å². The highest BCUT2D eigenvalue weighted by atomic mass is 32.2. The number of hydrogen-bond acceptors (Lipinski definition) is 6. The zero-order valence-electron chi connectivity index (χ0n) is 16.7. The molecule has 0 aliphatic heterocycles. The van der Waals surface area contributed by atoms with Gasteiger partial charge in [0.15, 0.2) is 0 Å². The number of pyridine rings is 1. The molecule has 2 aromatic heterocycles. The molecule has 2 aromatic carbocycles. The molecule has 8 heteroatoms. The molecule has 31 heavy (non-hydrogen) atoms. The second-order valence-corrected chi connectivity index (χ2v) is 9.94. The summed E-state index contributed by atoms with van der Waals surface area (Å²) in [6.45, 7) is 0.198. The van der Waals surface area contributed by atoms with Crippen molar-refractivity contribution >= 4 is 37.4 Å². The normalized spacial score (nSPS) is 11.6. The molecule has 4 rings (SSSR count). The maximum absolute atomic E-state index is 12.4. The van der Waals surface area contributed by atoms with Crippen molar-refractivity contribution < 1.29 is 13.2 Å². The number of hydrogen-bond donors (Lipinski definition) is 1. The molecule has 6 nitrogen and oxygen atoms in total. The average Bonchev–Trinajstić information content (AvgIpc) is 3.19. The van der Waals surface area contributed by atoms with Crippen molar-refractivity contribution in [3.8, 4) is 11.1 Å². The average molecular weight is 452 g/mol. The number of carbonyl (C=O) groups is 1. The van der Waals surface area contributed by atoms with Gasteiger partial charge in [-0.25, -0.2) is 18.1 Å². The van der Waals surface area contributed by atoms with Crippen LogP contribution in [-0.4, -0.2) is 30.7 Å². The smallest absolute Gasteiger partial charge is 0.242 e. The van der Waals surface area contributed by atoms with E-state index < -0.39 is 10.0 Å². The van der Waals surface area contributed by atoms with Gasteiger partial charge >= 0.3 is 0 Å². The third-order valence-corrected chi connectivity index (χ3v) is 7.22. The predicted octanol–water partition coefficient (Wildman–Crippen LogP) is 4.23. The van der Waals surface area contributed by atoms with Crippen LogP contribution in [0.25, 0.3) is 21.3 Å². The van der Waals surface area contributed by atoms with Gasteiger partial charge in [0, 0.05) is 25.4 Å². The van der Waals surface area contributed by atoms with E-state index in [9.17, 15) is 13.2 Å². The van der Waals surface area contributed by atoms with Gasteiger partial charge in [0.2, 0.25) is 10.0 Å². The Bertz CT molecular complexity index is 1290. The lowest BCUT2D eigenvalue weighted by Gasteiger charge is -2.05. The summed E-state index contributed by atoms with van der Waals surface area (Å²) < 4.78 is 27.9. The SMILES string of the molecule is O=C(CCCNS(=O)(=O)c1cccnc1)Cc1nc2ccc(-c3ccccc3)cc2s1. The van der Waals surface area contributed by atoms with E-state index in [1.165, 1.54) is 29.8 Å². The molecule has 0 saturated heterocycles. The zero-order valence-corrected chi connectivity index (χ0v) is 18.3. The lowest BCUT2D eigenvalue weighted by atomic mass is 10.1. The van der Waals surface area contributed by atoms with Gasteiger partial charge in [-0.2, -0.15) is 0 Å². The van der Waals surface area contributed by atoms with E-state index in [4.69, 9.17) is 0 Å². The van der Waals surface area contributed by atoms with Crippen LogP contribution in [0.4, 0.5) is 0 Å². The minimum Gasteiger partial charge on any atom is -0.299 e. The Labute approximate surface area is 185 Å². The van der Waals surface area contributed by atoms with Crippen LogP contribution in [-0.2, 0) is 21.2 Å². The van der Waals surface area contributed by atoms with E-state index in [2.05, 4.69) is 32.9 Å². The molecule has 0 saturated carbocycles. The first-order valence-electron chi connectivity index (χ1n) is 9.87. The topological polar surface area (TPSA) is 89.0 Å². The third kappa shape index (κ3) is 5.41. The molecule has 0 fully saturated rings. The first-order valence-corrected chi connectivity index (χ1v) is 12.2. The van der Waals surface area contributed by atoms with Crippen LogP contribution in [0.1, 0.15) is 17.8 Å². The zero-order chi connectivity index (χ0) is 21.7. The number of sulfonamides is 1. The number of ketones is 1. The van der Waals surface area contributed by atoms with Crippen LogP contribution in [0.2, 0.25) is 0 Å². The Hall–Kier alpha value is -2.94. The van der Waals surface area contributed by atoms with Gasteiger partial charge in [0.1, 0.15) is 15.7 Å². The number of Topliss-reactive ketones (excluding diaryl/α,β-unsaturated/α-hetero) is 1. The van der Waals surface area contributed by atoms with E-state index in [0.717, 1.165) is 26.4 Å². The predicted molar refractivity (Wildman–Crippen MR) is 122 cm³/mol. The Kier molecular flexibility index (Phi) is 6.50. The van der Waals surface area contributed by atoms with E-state index in [-0.39, 0.29) is 23.6 Å². The quantitative estimate of drug-likeness (QED) is 0.385. The second-order valence-electron chi connectivity index (χ2n) is 7.06. The molecule has 0 atom stereocenters. The van der Waals surface area contributed by atoms with Crippen LogP contribution in [0.3, 0.4) is 0 Å². The summed E-state index contributed by atoms with van der Waals surface area (Å²) >= 11 is 1.52. The molecule has 4 aromatic rings. The first-order chi connectivity index (χ1) is 15.0. The minimum atomic E-state index is -3.60. The fourth-order valence-corrected chi connectivity index (χ4v) is 5.27. The molecule has 2 heterocycles. The minimum absolute atomic E-state index is 0.0444. The second kappa shape index (κ2) is 9.47.